The van der Waals surface area contributed by atoms with Crippen LogP contribution < -0.4 is 16.4 Å². The maximum atomic E-state index is 12.0. The second-order valence-corrected chi connectivity index (χ2v) is 6.58. The number of amides is 2. The van der Waals surface area contributed by atoms with Gasteiger partial charge in [-0.05, 0) is 6.42 Å². The number of hydrogen-bond donors (Lipinski definition) is 8. The monoisotopic (exact) mass is 417 g/mol. The van der Waals surface area contributed by atoms with E-state index in [1.807, 2.05) is 5.32 Å². The number of phosphoric acid groups is 1. The number of carbonyl (C=O) groups is 4. The van der Waals surface area contributed by atoms with Gasteiger partial charge in [0.25, 0.3) is 0 Å². The van der Waals surface area contributed by atoms with Crippen molar-refractivity contribution in [3.63, 3.8) is 0 Å². The Balaban J connectivity index is 4.69. The number of aliphatic carboxylic acids is 2. The lowest BCUT2D eigenvalue weighted by molar-refractivity contribution is -0.143. The lowest BCUT2D eigenvalue weighted by atomic mass is 10.1. The van der Waals surface area contributed by atoms with E-state index < -0.39 is 56.3 Å². The molecule has 0 bridgehead atoms. The minimum atomic E-state index is -4.94. The van der Waals surface area contributed by atoms with E-state index in [4.69, 9.17) is 25.7 Å². The molecule has 0 saturated heterocycles. The molecule has 0 aromatic heterocycles. The van der Waals surface area contributed by atoms with Crippen LogP contribution >= 0.6 is 20.5 Å². The van der Waals surface area contributed by atoms with Crippen molar-refractivity contribution in [2.24, 2.45) is 5.73 Å². The summed E-state index contributed by atoms with van der Waals surface area (Å²) in [6.45, 7) is -1.01. The third kappa shape index (κ3) is 10.3. The van der Waals surface area contributed by atoms with E-state index in [0.29, 0.717) is 0 Å². The van der Waals surface area contributed by atoms with Crippen LogP contribution in [0.3, 0.4) is 0 Å². The van der Waals surface area contributed by atoms with Crippen LogP contribution in [0.25, 0.3) is 0 Å². The summed E-state index contributed by atoms with van der Waals surface area (Å²) in [7, 11) is -4.94. The second kappa shape index (κ2) is 11.1. The van der Waals surface area contributed by atoms with Crippen molar-refractivity contribution >= 4 is 44.2 Å². The summed E-state index contributed by atoms with van der Waals surface area (Å²) in [6, 6.07) is -4.32. The van der Waals surface area contributed by atoms with E-state index in [-0.39, 0.29) is 18.6 Å². The summed E-state index contributed by atoms with van der Waals surface area (Å²) >= 11 is 3.85. The highest BCUT2D eigenvalue weighted by Gasteiger charge is 2.28. The van der Waals surface area contributed by atoms with Crippen LogP contribution in [0.2, 0.25) is 0 Å². The molecule has 26 heavy (non-hydrogen) atoms. The number of nitrogens with two attached hydrogens (primary N) is 1. The quantitative estimate of drug-likeness (QED) is 0.120. The van der Waals surface area contributed by atoms with E-state index >= 15 is 0 Å². The number of carboxylic acid groups (broad SMARTS) is 2. The van der Waals surface area contributed by atoms with Gasteiger partial charge in [-0.3, -0.25) is 18.9 Å². The average Bonchev–Trinajstić information content (AvgIpc) is 2.52. The maximum absolute atomic E-state index is 12.0. The highest BCUT2D eigenvalue weighted by Crippen LogP contribution is 2.35. The van der Waals surface area contributed by atoms with Crippen LogP contribution in [0.4, 0.5) is 0 Å². The fourth-order valence-electron chi connectivity index (χ4n) is 1.49. The molecule has 0 aliphatic heterocycles. The van der Waals surface area contributed by atoms with Crippen molar-refractivity contribution in [2.75, 3.05) is 12.4 Å². The van der Waals surface area contributed by atoms with Crippen LogP contribution in [0.5, 0.6) is 0 Å². The number of carbonyl (C=O) groups excluding carboxylic acids is 2. The maximum Gasteiger partial charge on any atom is 0.469 e. The smallest absolute Gasteiger partial charge is 0.469 e. The molecule has 0 rings (SSSR count). The highest BCUT2D eigenvalue weighted by molar-refractivity contribution is 7.80. The number of thiol groups is 1. The van der Waals surface area contributed by atoms with E-state index in [2.05, 4.69) is 22.5 Å². The summed E-state index contributed by atoms with van der Waals surface area (Å²) < 4.78 is 14.6. The molecular weight excluding hydrogens is 397 g/mol. The molecule has 15 heteroatoms. The summed E-state index contributed by atoms with van der Waals surface area (Å²) in [6.07, 6.45) is -0.481. The molecule has 0 heterocycles. The normalized spacial score (nSPS) is 14.8. The van der Waals surface area contributed by atoms with Crippen LogP contribution in [0.1, 0.15) is 12.8 Å². The molecular formula is C11H20N3O10PS. The van der Waals surface area contributed by atoms with Gasteiger partial charge in [-0.15, -0.1) is 0 Å². The van der Waals surface area contributed by atoms with Gasteiger partial charge < -0.3 is 36.4 Å². The Bertz CT molecular complexity index is 583. The Morgan fingerprint density at radius 3 is 2.08 bits per heavy atom. The Morgan fingerprint density at radius 1 is 1.08 bits per heavy atom. The zero-order valence-corrected chi connectivity index (χ0v) is 15.1. The first kappa shape index (κ1) is 24.3. The third-order valence-corrected chi connectivity index (χ3v) is 3.71. The zero-order chi connectivity index (χ0) is 20.5. The standard InChI is InChI=1S/C11H20N3O10PS/c12-5(10(17)18)1-2-8(15)13-7(4-26)9(16)14-6(11(19)20)3-24-25(21,22)23/h5-7,26H,1-4,12H2,(H,13,15)(H,14,16)(H,17,18)(H,19,20)(H2,21,22,23)/t5-,6-,7-/m0/s1. The molecule has 0 aromatic carbocycles. The van der Waals surface area contributed by atoms with E-state index in [0.717, 1.165) is 0 Å². The molecule has 0 aliphatic rings. The van der Waals surface area contributed by atoms with Crippen molar-refractivity contribution in [1.29, 1.82) is 0 Å². The Labute approximate surface area is 152 Å². The molecule has 8 N–H and O–H groups in total. The van der Waals surface area contributed by atoms with Gasteiger partial charge in [-0.1, -0.05) is 0 Å². The van der Waals surface area contributed by atoms with Gasteiger partial charge in [-0.25, -0.2) is 9.36 Å². The predicted octanol–water partition coefficient (Wildman–Crippen LogP) is -2.73. The molecule has 2 amide bonds. The molecule has 0 radical (unpaired) electrons. The molecule has 0 aliphatic carbocycles. The van der Waals surface area contributed by atoms with Crippen LogP contribution in [-0.2, 0) is 28.3 Å². The number of nitrogens with one attached hydrogen (secondary N) is 2. The van der Waals surface area contributed by atoms with Gasteiger partial charge in [0.15, 0.2) is 6.04 Å². The van der Waals surface area contributed by atoms with Gasteiger partial charge in [0, 0.05) is 12.2 Å². The Hall–Kier alpha value is -1.70. The van der Waals surface area contributed by atoms with Crippen molar-refractivity contribution in [3.8, 4) is 0 Å². The molecule has 0 fully saturated rings. The van der Waals surface area contributed by atoms with Crippen LogP contribution in [0, 0.1) is 0 Å². The number of carboxylic acids is 2. The largest absolute Gasteiger partial charge is 0.480 e. The predicted molar refractivity (Wildman–Crippen MR) is 88.2 cm³/mol. The molecule has 13 nitrogen and oxygen atoms in total. The first-order valence-electron chi connectivity index (χ1n) is 6.99. The fourth-order valence-corrected chi connectivity index (χ4v) is 2.09. The number of hydrogen-bond acceptors (Lipinski definition) is 8. The molecule has 0 unspecified atom stereocenters. The van der Waals surface area contributed by atoms with Crippen LogP contribution in [-0.4, -0.2) is 74.2 Å². The number of rotatable bonds is 12. The summed E-state index contributed by atoms with van der Waals surface area (Å²) in [4.78, 5) is 62.4. The van der Waals surface area contributed by atoms with Crippen LogP contribution in [0.15, 0.2) is 0 Å². The van der Waals surface area contributed by atoms with Gasteiger partial charge >= 0.3 is 19.8 Å². The Morgan fingerprint density at radius 2 is 1.65 bits per heavy atom. The van der Waals surface area contributed by atoms with E-state index in [1.54, 1.807) is 0 Å². The topological polar surface area (TPSA) is 226 Å². The van der Waals surface area contributed by atoms with Crippen molar-refractivity contribution in [1.82, 2.24) is 10.6 Å². The van der Waals surface area contributed by atoms with E-state index in [9.17, 15) is 23.7 Å². The molecule has 0 saturated carbocycles. The minimum absolute atomic E-state index is 0.185. The average molecular weight is 417 g/mol. The fraction of sp³-hybridized carbons (Fsp3) is 0.636. The lowest BCUT2D eigenvalue weighted by Gasteiger charge is -2.20. The summed E-state index contributed by atoms with van der Waals surface area (Å²) in [5.41, 5.74) is 5.24. The Kier molecular flexibility index (Phi) is 10.4. The van der Waals surface area contributed by atoms with Gasteiger partial charge in [0.2, 0.25) is 11.8 Å². The molecule has 150 valence electrons. The first-order valence-corrected chi connectivity index (χ1v) is 9.15. The third-order valence-electron chi connectivity index (χ3n) is 2.86. The molecule has 0 aromatic rings. The van der Waals surface area contributed by atoms with E-state index in [1.165, 1.54) is 0 Å². The first-order chi connectivity index (χ1) is 11.9. The van der Waals surface area contributed by atoms with Gasteiger partial charge in [0.1, 0.15) is 12.1 Å². The lowest BCUT2D eigenvalue weighted by Crippen LogP contribution is -2.53. The van der Waals surface area contributed by atoms with Crippen molar-refractivity contribution in [2.45, 2.75) is 31.0 Å². The van der Waals surface area contributed by atoms with Gasteiger partial charge in [-0.2, -0.15) is 12.6 Å². The van der Waals surface area contributed by atoms with Gasteiger partial charge in [0.05, 0.1) is 6.61 Å². The summed E-state index contributed by atoms with van der Waals surface area (Å²) in [5, 5.41) is 21.7. The molecule has 3 atom stereocenters. The molecule has 0 spiro atoms. The SMILES string of the molecule is N[C@@H](CCC(=O)N[C@@H](CS)C(=O)N[C@@H](COP(=O)(O)O)C(=O)O)C(=O)O. The highest BCUT2D eigenvalue weighted by atomic mass is 32.1. The minimum Gasteiger partial charge on any atom is -0.480 e. The van der Waals surface area contributed by atoms with Crippen molar-refractivity contribution < 1.29 is 48.3 Å². The number of phosphoric ester groups is 1. The zero-order valence-electron chi connectivity index (χ0n) is 13.3. The summed E-state index contributed by atoms with van der Waals surface area (Å²) in [5.74, 6) is -4.85. The van der Waals surface area contributed by atoms with Crippen molar-refractivity contribution in [3.05, 3.63) is 0 Å². The second-order valence-electron chi connectivity index (χ2n) is 4.97.